The molecule has 0 aliphatic carbocycles. The van der Waals surface area contributed by atoms with Crippen molar-refractivity contribution in [2.75, 3.05) is 0 Å². The summed E-state index contributed by atoms with van der Waals surface area (Å²) in [5, 5.41) is 0. The van der Waals surface area contributed by atoms with Gasteiger partial charge in [-0.1, -0.05) is 20.3 Å². The normalized spacial score (nSPS) is 4.40. The topological polar surface area (TPSA) is 23.9 Å². The summed E-state index contributed by atoms with van der Waals surface area (Å²) < 4.78 is 5.33. The number of hydrogen-bond acceptors (Lipinski definition) is 2. The van der Waals surface area contributed by atoms with Gasteiger partial charge in [0, 0.05) is 12.4 Å². The van der Waals surface area contributed by atoms with E-state index in [0.717, 1.165) is 0 Å². The van der Waals surface area contributed by atoms with Crippen LogP contribution in [0, 0.1) is 4.78 Å². The zero-order valence-electron chi connectivity index (χ0n) is 3.62. The van der Waals surface area contributed by atoms with Crippen LogP contribution in [0.25, 0.3) is 0 Å². The number of hydrogen-bond donors (Lipinski definition) is 1. The largest absolute Gasteiger partial charge is 0.235 e. The lowest BCUT2D eigenvalue weighted by Gasteiger charge is -1.48. The number of nitrogens with one attached hydrogen (secondary N) is 1. The van der Waals surface area contributed by atoms with E-state index in [-0.39, 0.29) is 0 Å². The van der Waals surface area contributed by atoms with Crippen molar-refractivity contribution in [2.45, 2.75) is 20.3 Å². The van der Waals surface area contributed by atoms with Crippen LogP contribution in [-0.4, -0.2) is 0 Å². The van der Waals surface area contributed by atoms with Crippen molar-refractivity contribution in [2.24, 2.45) is 0 Å². The SMILES string of the molecule is CCC.N=S. The van der Waals surface area contributed by atoms with Crippen molar-refractivity contribution in [3.05, 3.63) is 0 Å². The molecule has 0 aromatic rings. The van der Waals surface area contributed by atoms with E-state index in [4.69, 9.17) is 4.78 Å². The predicted molar refractivity (Wildman–Crippen MR) is 26.0 cm³/mol. The monoisotopic (exact) mass is 91.0 g/mol. The first-order chi connectivity index (χ1) is 2.41. The second-order valence-electron chi connectivity index (χ2n) is 0.707. The Labute approximate surface area is 38.4 Å². The zero-order chi connectivity index (χ0) is 4.71. The molecule has 0 fully saturated rings. The summed E-state index contributed by atoms with van der Waals surface area (Å²) in [4.78, 5) is 0. The molecule has 0 aromatic heterocycles. The Hall–Kier alpha value is 0.0200. The Morgan fingerprint density at radius 1 is 1.40 bits per heavy atom. The molecule has 32 valence electrons. The van der Waals surface area contributed by atoms with Crippen LogP contribution in [0.15, 0.2) is 0 Å². The average molecular weight is 91.2 g/mol. The molecule has 0 radical (unpaired) electrons. The van der Waals surface area contributed by atoms with Gasteiger partial charge in [0.2, 0.25) is 0 Å². The van der Waals surface area contributed by atoms with Crippen LogP contribution in [0.3, 0.4) is 0 Å². The fourth-order valence-corrected chi connectivity index (χ4v) is 0. The van der Waals surface area contributed by atoms with Gasteiger partial charge >= 0.3 is 0 Å². The Bertz CT molecular complexity index is 10.9. The highest BCUT2D eigenvalue weighted by atomic mass is 32.1. The molecule has 0 aliphatic heterocycles. The summed E-state index contributed by atoms with van der Waals surface area (Å²) in [6, 6.07) is 0. The van der Waals surface area contributed by atoms with Gasteiger partial charge in [-0.3, -0.25) is 0 Å². The molecule has 0 atom stereocenters. The highest BCUT2D eigenvalue weighted by Crippen LogP contribution is 1.56. The van der Waals surface area contributed by atoms with Crippen molar-refractivity contribution >= 4 is 12.4 Å². The van der Waals surface area contributed by atoms with Gasteiger partial charge in [-0.2, -0.15) is 0 Å². The van der Waals surface area contributed by atoms with E-state index in [2.05, 4.69) is 26.3 Å². The molecule has 0 unspecified atom stereocenters. The van der Waals surface area contributed by atoms with E-state index in [9.17, 15) is 0 Å². The van der Waals surface area contributed by atoms with Gasteiger partial charge in [-0.15, -0.1) is 0 Å². The molecule has 0 amide bonds. The molecule has 2 heteroatoms. The van der Waals surface area contributed by atoms with Crippen molar-refractivity contribution < 1.29 is 0 Å². The predicted octanol–water partition coefficient (Wildman–Crippen LogP) is 1.71. The Kier molecular flexibility index (Phi) is 62.7. The first kappa shape index (κ1) is 8.89. The summed E-state index contributed by atoms with van der Waals surface area (Å²) in [7, 11) is 0. The Morgan fingerprint density at radius 2 is 1.40 bits per heavy atom. The van der Waals surface area contributed by atoms with E-state index in [1.807, 2.05) is 0 Å². The summed E-state index contributed by atoms with van der Waals surface area (Å²) >= 11 is 3.33. The second kappa shape index (κ2) is 35.2. The first-order valence-electron chi connectivity index (χ1n) is 1.62. The Morgan fingerprint density at radius 3 is 1.40 bits per heavy atom. The maximum Gasteiger partial charge on any atom is 0.0324 e. The van der Waals surface area contributed by atoms with Crippen molar-refractivity contribution in [1.82, 2.24) is 0 Å². The van der Waals surface area contributed by atoms with Gasteiger partial charge in [0.15, 0.2) is 0 Å². The molecule has 1 nitrogen and oxygen atoms in total. The van der Waals surface area contributed by atoms with Crippen molar-refractivity contribution in [3.8, 4) is 0 Å². The third kappa shape index (κ3) is 41000. The summed E-state index contributed by atoms with van der Waals surface area (Å²) in [5.74, 6) is 0. The fourth-order valence-electron chi connectivity index (χ4n) is 0. The van der Waals surface area contributed by atoms with E-state index >= 15 is 0 Å². The standard InChI is InChI=1S/C3H8.HNS/c1-3-2;1-2/h3H2,1-2H3;1H. The van der Waals surface area contributed by atoms with Crippen molar-refractivity contribution in [3.63, 3.8) is 0 Å². The molecular formula is C3H9NS. The van der Waals surface area contributed by atoms with Crippen LogP contribution in [0.1, 0.15) is 20.3 Å². The van der Waals surface area contributed by atoms with E-state index in [1.165, 1.54) is 6.42 Å². The highest BCUT2D eigenvalue weighted by Gasteiger charge is 1.35. The third-order valence-electron chi connectivity index (χ3n) is 0. The quantitative estimate of drug-likeness (QED) is 0.482. The molecule has 5 heavy (non-hydrogen) atoms. The molecule has 0 aromatic carbocycles. The lowest BCUT2D eigenvalue weighted by Crippen LogP contribution is -1.27. The minimum atomic E-state index is 1.25. The van der Waals surface area contributed by atoms with Gasteiger partial charge in [0.1, 0.15) is 0 Å². The maximum atomic E-state index is 5.33. The minimum absolute atomic E-state index is 1.25. The highest BCUT2D eigenvalue weighted by molar-refractivity contribution is 7.45. The summed E-state index contributed by atoms with van der Waals surface area (Å²) in [6.07, 6.45) is 1.25. The molecule has 0 spiro atoms. The summed E-state index contributed by atoms with van der Waals surface area (Å²) in [5.41, 5.74) is 0. The van der Waals surface area contributed by atoms with Gasteiger partial charge in [-0.25, -0.2) is 4.78 Å². The molecule has 1 N–H and O–H groups in total. The van der Waals surface area contributed by atoms with E-state index in [1.54, 1.807) is 0 Å². The molecule has 0 heterocycles. The Balaban J connectivity index is 0. The van der Waals surface area contributed by atoms with E-state index < -0.39 is 0 Å². The molecular weight excluding hydrogens is 82.1 g/mol. The maximum absolute atomic E-state index is 5.33. The minimum Gasteiger partial charge on any atom is -0.235 e. The fraction of sp³-hybridized carbons (Fsp3) is 1.00. The molecule has 0 bridgehead atoms. The number of rotatable bonds is 0. The van der Waals surface area contributed by atoms with Crippen LogP contribution in [0.4, 0.5) is 0 Å². The lowest BCUT2D eigenvalue weighted by atomic mass is 10.6. The van der Waals surface area contributed by atoms with Gasteiger partial charge in [-0.05, 0) is 0 Å². The first-order valence-corrected chi connectivity index (χ1v) is 2.03. The van der Waals surface area contributed by atoms with Gasteiger partial charge in [0.05, 0.1) is 0 Å². The second-order valence-corrected chi connectivity index (χ2v) is 0.707. The van der Waals surface area contributed by atoms with Crippen LogP contribution in [-0.2, 0) is 12.4 Å². The molecule has 0 saturated heterocycles. The van der Waals surface area contributed by atoms with Crippen molar-refractivity contribution in [1.29, 1.82) is 4.78 Å². The van der Waals surface area contributed by atoms with Gasteiger partial charge < -0.3 is 0 Å². The zero-order valence-corrected chi connectivity index (χ0v) is 4.43. The average Bonchev–Trinajstić information content (AvgIpc) is 1.46. The molecule has 0 saturated carbocycles. The lowest BCUT2D eigenvalue weighted by molar-refractivity contribution is 1.09. The van der Waals surface area contributed by atoms with Crippen LogP contribution >= 0.6 is 0 Å². The summed E-state index contributed by atoms with van der Waals surface area (Å²) in [6.45, 7) is 4.25. The van der Waals surface area contributed by atoms with Crippen LogP contribution in [0.2, 0.25) is 0 Å². The van der Waals surface area contributed by atoms with Crippen LogP contribution < -0.4 is 0 Å². The third-order valence-corrected chi connectivity index (χ3v) is 0. The smallest absolute Gasteiger partial charge is 0.0324 e. The molecule has 0 rings (SSSR count). The van der Waals surface area contributed by atoms with Gasteiger partial charge in [0.25, 0.3) is 0 Å². The van der Waals surface area contributed by atoms with E-state index in [0.29, 0.717) is 0 Å². The molecule has 0 aliphatic rings. The van der Waals surface area contributed by atoms with Crippen LogP contribution in [0.5, 0.6) is 0 Å².